The normalized spacial score (nSPS) is 10.1. The fraction of sp³-hybridized carbons (Fsp3) is 0.222. The monoisotopic (exact) mass is 298 g/mol. The Bertz CT molecular complexity index is 687. The Balaban J connectivity index is 2.18. The van der Waals surface area contributed by atoms with E-state index in [1.165, 1.54) is 14.2 Å². The quantitative estimate of drug-likeness (QED) is 0.605. The van der Waals surface area contributed by atoms with Crippen LogP contribution in [0.1, 0.15) is 32.7 Å². The first-order valence-corrected chi connectivity index (χ1v) is 6.90. The van der Waals surface area contributed by atoms with Crippen molar-refractivity contribution < 1.29 is 19.1 Å². The van der Waals surface area contributed by atoms with Gasteiger partial charge in [0.2, 0.25) is 0 Å². The molecule has 0 aliphatic carbocycles. The van der Waals surface area contributed by atoms with Crippen LogP contribution in [0.5, 0.6) is 11.5 Å². The van der Waals surface area contributed by atoms with E-state index >= 15 is 0 Å². The summed E-state index contributed by atoms with van der Waals surface area (Å²) >= 11 is 0. The maximum atomic E-state index is 12.3. The number of Topliss-reactive ketones (excluding diaryl/α,β-unsaturated/α-hetero) is 2. The fourth-order valence-electron chi connectivity index (χ4n) is 2.11. The third kappa shape index (κ3) is 3.52. The minimum atomic E-state index is -0.273. The molecule has 2 rings (SSSR count). The molecule has 0 atom stereocenters. The van der Waals surface area contributed by atoms with Gasteiger partial charge < -0.3 is 9.47 Å². The minimum absolute atomic E-state index is 0.189. The summed E-state index contributed by atoms with van der Waals surface area (Å²) in [6.45, 7) is 1.95. The number of aryl methyl sites for hydroxylation is 1. The lowest BCUT2D eigenvalue weighted by molar-refractivity contribution is 0.0893. The number of ketones is 2. The number of ether oxygens (including phenoxy) is 2. The topological polar surface area (TPSA) is 52.6 Å². The molecular weight excluding hydrogens is 280 g/mol. The molecule has 0 saturated carbocycles. The Morgan fingerprint density at radius 1 is 0.909 bits per heavy atom. The van der Waals surface area contributed by atoms with Gasteiger partial charge in [0.05, 0.1) is 26.2 Å². The van der Waals surface area contributed by atoms with E-state index in [2.05, 4.69) is 0 Å². The average Bonchev–Trinajstić information content (AvgIpc) is 2.54. The second-order valence-corrected chi connectivity index (χ2v) is 4.96. The van der Waals surface area contributed by atoms with Crippen LogP contribution in [-0.2, 0) is 0 Å². The lowest BCUT2D eigenvalue weighted by atomic mass is 10.00. The number of carbonyl (C=O) groups is 2. The van der Waals surface area contributed by atoms with Crippen molar-refractivity contribution in [1.29, 1.82) is 0 Å². The zero-order chi connectivity index (χ0) is 16.1. The zero-order valence-corrected chi connectivity index (χ0v) is 12.9. The molecular formula is C18H18O4. The van der Waals surface area contributed by atoms with E-state index in [1.54, 1.807) is 30.3 Å². The molecule has 114 valence electrons. The van der Waals surface area contributed by atoms with Crippen LogP contribution in [0.4, 0.5) is 0 Å². The van der Waals surface area contributed by atoms with E-state index < -0.39 is 0 Å². The zero-order valence-electron chi connectivity index (χ0n) is 12.9. The van der Waals surface area contributed by atoms with E-state index in [0.717, 1.165) is 5.56 Å². The van der Waals surface area contributed by atoms with Gasteiger partial charge in [0.25, 0.3) is 0 Å². The van der Waals surface area contributed by atoms with Crippen molar-refractivity contribution in [2.45, 2.75) is 13.3 Å². The standard InChI is InChI=1S/C18H18O4/c1-12-4-6-13(7-5-12)16(19)11-17(20)15-9-8-14(21-2)10-18(15)22-3/h4-10H,11H2,1-3H3. The summed E-state index contributed by atoms with van der Waals surface area (Å²) in [6.07, 6.45) is -0.189. The molecule has 0 saturated heterocycles. The number of rotatable bonds is 6. The molecule has 0 spiro atoms. The first kappa shape index (κ1) is 15.8. The Morgan fingerprint density at radius 2 is 1.59 bits per heavy atom. The number of benzene rings is 2. The van der Waals surface area contributed by atoms with Crippen LogP contribution >= 0.6 is 0 Å². The molecule has 0 aromatic heterocycles. The Morgan fingerprint density at radius 3 is 2.18 bits per heavy atom. The highest BCUT2D eigenvalue weighted by Crippen LogP contribution is 2.26. The third-order valence-electron chi connectivity index (χ3n) is 3.40. The van der Waals surface area contributed by atoms with E-state index in [-0.39, 0.29) is 18.0 Å². The highest BCUT2D eigenvalue weighted by Gasteiger charge is 2.17. The van der Waals surface area contributed by atoms with Crippen molar-refractivity contribution in [3.8, 4) is 11.5 Å². The number of hydrogen-bond donors (Lipinski definition) is 0. The smallest absolute Gasteiger partial charge is 0.174 e. The summed E-state index contributed by atoms with van der Waals surface area (Å²) in [7, 11) is 3.02. The van der Waals surface area contributed by atoms with E-state index in [1.807, 2.05) is 19.1 Å². The van der Waals surface area contributed by atoms with Gasteiger partial charge >= 0.3 is 0 Å². The van der Waals surface area contributed by atoms with Crippen LogP contribution in [-0.4, -0.2) is 25.8 Å². The van der Waals surface area contributed by atoms with Crippen LogP contribution in [0.15, 0.2) is 42.5 Å². The first-order chi connectivity index (χ1) is 10.5. The summed E-state index contributed by atoms with van der Waals surface area (Å²) in [5, 5.41) is 0. The maximum absolute atomic E-state index is 12.3. The van der Waals surface area contributed by atoms with Crippen LogP contribution in [0.25, 0.3) is 0 Å². The van der Waals surface area contributed by atoms with Crippen LogP contribution in [0.3, 0.4) is 0 Å². The summed E-state index contributed by atoms with van der Waals surface area (Å²) in [6, 6.07) is 12.1. The van der Waals surface area contributed by atoms with Gasteiger partial charge in [-0.1, -0.05) is 29.8 Å². The lowest BCUT2D eigenvalue weighted by Gasteiger charge is -2.09. The van der Waals surface area contributed by atoms with E-state index in [4.69, 9.17) is 9.47 Å². The van der Waals surface area contributed by atoms with Crippen LogP contribution < -0.4 is 9.47 Å². The van der Waals surface area contributed by atoms with Crippen LogP contribution in [0.2, 0.25) is 0 Å². The first-order valence-electron chi connectivity index (χ1n) is 6.90. The molecule has 0 amide bonds. The van der Waals surface area contributed by atoms with Gasteiger partial charge in [-0.25, -0.2) is 0 Å². The van der Waals surface area contributed by atoms with Gasteiger partial charge in [0, 0.05) is 11.6 Å². The van der Waals surface area contributed by atoms with Crippen molar-refractivity contribution in [2.75, 3.05) is 14.2 Å². The number of hydrogen-bond acceptors (Lipinski definition) is 4. The SMILES string of the molecule is COc1ccc(C(=O)CC(=O)c2ccc(C)cc2)c(OC)c1. The predicted molar refractivity (Wildman–Crippen MR) is 84.0 cm³/mol. The largest absolute Gasteiger partial charge is 0.497 e. The second kappa shape index (κ2) is 6.89. The van der Waals surface area contributed by atoms with Crippen LogP contribution in [0, 0.1) is 6.92 Å². The molecule has 0 unspecified atom stereocenters. The fourth-order valence-corrected chi connectivity index (χ4v) is 2.11. The van der Waals surface area contributed by atoms with Gasteiger partial charge in [-0.2, -0.15) is 0 Å². The van der Waals surface area contributed by atoms with Gasteiger partial charge in [-0.3, -0.25) is 9.59 Å². The van der Waals surface area contributed by atoms with Gasteiger partial charge in [0.1, 0.15) is 11.5 Å². The van der Waals surface area contributed by atoms with Crippen molar-refractivity contribution in [2.24, 2.45) is 0 Å². The summed E-state index contributed by atoms with van der Waals surface area (Å²) in [4.78, 5) is 24.5. The summed E-state index contributed by atoms with van der Waals surface area (Å²) in [5.74, 6) is 0.521. The molecule has 0 aliphatic rings. The summed E-state index contributed by atoms with van der Waals surface area (Å²) < 4.78 is 10.3. The third-order valence-corrected chi connectivity index (χ3v) is 3.40. The molecule has 0 bridgehead atoms. The number of carbonyl (C=O) groups excluding carboxylic acids is 2. The van der Waals surface area contributed by atoms with Gasteiger partial charge in [0.15, 0.2) is 11.6 Å². The molecule has 4 heteroatoms. The lowest BCUT2D eigenvalue weighted by Crippen LogP contribution is -2.10. The van der Waals surface area contributed by atoms with Gasteiger partial charge in [-0.15, -0.1) is 0 Å². The Labute approximate surface area is 129 Å². The maximum Gasteiger partial charge on any atom is 0.174 e. The molecule has 0 aliphatic heterocycles. The molecule has 2 aromatic carbocycles. The minimum Gasteiger partial charge on any atom is -0.497 e. The molecule has 22 heavy (non-hydrogen) atoms. The van der Waals surface area contributed by atoms with Crippen molar-refractivity contribution >= 4 is 11.6 Å². The number of methoxy groups -OCH3 is 2. The van der Waals surface area contributed by atoms with Crippen molar-refractivity contribution in [3.63, 3.8) is 0 Å². The molecule has 0 fully saturated rings. The van der Waals surface area contributed by atoms with Gasteiger partial charge in [-0.05, 0) is 19.1 Å². The van der Waals surface area contributed by atoms with Crippen molar-refractivity contribution in [1.82, 2.24) is 0 Å². The highest BCUT2D eigenvalue weighted by atomic mass is 16.5. The molecule has 4 nitrogen and oxygen atoms in total. The average molecular weight is 298 g/mol. The molecule has 0 radical (unpaired) electrons. The van der Waals surface area contributed by atoms with E-state index in [0.29, 0.717) is 22.6 Å². The predicted octanol–water partition coefficient (Wildman–Crippen LogP) is 3.47. The highest BCUT2D eigenvalue weighted by molar-refractivity contribution is 6.14. The van der Waals surface area contributed by atoms with E-state index in [9.17, 15) is 9.59 Å². The van der Waals surface area contributed by atoms with Crippen molar-refractivity contribution in [3.05, 3.63) is 59.2 Å². The Hall–Kier alpha value is -2.62. The molecule has 0 heterocycles. The Kier molecular flexibility index (Phi) is 4.94. The molecule has 0 N–H and O–H groups in total. The second-order valence-electron chi connectivity index (χ2n) is 4.96. The molecule has 2 aromatic rings. The summed E-state index contributed by atoms with van der Waals surface area (Å²) in [5.41, 5.74) is 1.98.